The summed E-state index contributed by atoms with van der Waals surface area (Å²) in [4.78, 5) is 4.26. The molecule has 2 aromatic rings. The molecule has 1 atom stereocenters. The molecule has 2 heterocycles. The molecule has 0 saturated heterocycles. The summed E-state index contributed by atoms with van der Waals surface area (Å²) < 4.78 is 2.17. The van der Waals surface area contributed by atoms with E-state index in [4.69, 9.17) is 0 Å². The summed E-state index contributed by atoms with van der Waals surface area (Å²) in [5.74, 6) is 0.951. The maximum atomic E-state index is 4.26. The SMILES string of the molecule is C[C@H](CCc1cccn1C)Nc1ccccn1. The standard InChI is InChI=1S/C14H19N3/c1-12(16-14-7-3-4-10-15-14)8-9-13-6-5-11-17(13)2/h3-7,10-12H,8-9H2,1-2H3,(H,15,16)/t12-/m1/s1. The summed E-state index contributed by atoms with van der Waals surface area (Å²) in [5.41, 5.74) is 1.37. The van der Waals surface area contributed by atoms with E-state index < -0.39 is 0 Å². The van der Waals surface area contributed by atoms with E-state index in [9.17, 15) is 0 Å². The fourth-order valence-electron chi connectivity index (χ4n) is 1.89. The van der Waals surface area contributed by atoms with Gasteiger partial charge in [0, 0.05) is 31.2 Å². The van der Waals surface area contributed by atoms with E-state index in [1.165, 1.54) is 5.69 Å². The second-order valence-electron chi connectivity index (χ2n) is 4.41. The Morgan fingerprint density at radius 3 is 2.82 bits per heavy atom. The van der Waals surface area contributed by atoms with Gasteiger partial charge in [-0.3, -0.25) is 0 Å². The Hall–Kier alpha value is -1.77. The summed E-state index contributed by atoms with van der Waals surface area (Å²) in [6.07, 6.45) is 6.09. The van der Waals surface area contributed by atoms with Crippen molar-refractivity contribution in [3.05, 3.63) is 48.4 Å². The number of hydrogen-bond acceptors (Lipinski definition) is 2. The van der Waals surface area contributed by atoms with Crippen molar-refractivity contribution in [2.75, 3.05) is 5.32 Å². The van der Waals surface area contributed by atoms with Gasteiger partial charge >= 0.3 is 0 Å². The van der Waals surface area contributed by atoms with Gasteiger partial charge in [0.1, 0.15) is 5.82 Å². The molecule has 0 aromatic carbocycles. The maximum Gasteiger partial charge on any atom is 0.126 e. The van der Waals surface area contributed by atoms with Crippen molar-refractivity contribution in [1.29, 1.82) is 0 Å². The Kier molecular flexibility index (Phi) is 3.81. The van der Waals surface area contributed by atoms with Crippen molar-refractivity contribution >= 4 is 5.82 Å². The van der Waals surface area contributed by atoms with Crippen LogP contribution in [0.15, 0.2) is 42.7 Å². The Morgan fingerprint density at radius 2 is 2.18 bits per heavy atom. The predicted octanol–water partition coefficient (Wildman–Crippen LogP) is 2.85. The van der Waals surface area contributed by atoms with Gasteiger partial charge in [-0.25, -0.2) is 4.98 Å². The zero-order valence-corrected chi connectivity index (χ0v) is 10.4. The van der Waals surface area contributed by atoms with Crippen LogP contribution in [0.1, 0.15) is 19.0 Å². The van der Waals surface area contributed by atoms with Gasteiger partial charge in [-0.1, -0.05) is 6.07 Å². The smallest absolute Gasteiger partial charge is 0.126 e. The lowest BCUT2D eigenvalue weighted by molar-refractivity contribution is 0.673. The lowest BCUT2D eigenvalue weighted by Crippen LogP contribution is -2.17. The fourth-order valence-corrected chi connectivity index (χ4v) is 1.89. The number of nitrogens with zero attached hydrogens (tertiary/aromatic N) is 2. The molecule has 0 spiro atoms. The second kappa shape index (κ2) is 5.53. The number of hydrogen-bond donors (Lipinski definition) is 1. The van der Waals surface area contributed by atoms with Crippen LogP contribution in [-0.2, 0) is 13.5 Å². The molecule has 0 fully saturated rings. The first kappa shape index (κ1) is 11.7. The number of anilines is 1. The second-order valence-corrected chi connectivity index (χ2v) is 4.41. The molecule has 0 radical (unpaired) electrons. The largest absolute Gasteiger partial charge is 0.368 e. The van der Waals surface area contributed by atoms with Crippen molar-refractivity contribution in [1.82, 2.24) is 9.55 Å². The molecule has 0 aliphatic carbocycles. The summed E-state index contributed by atoms with van der Waals surface area (Å²) in [6, 6.07) is 10.6. The third-order valence-corrected chi connectivity index (χ3v) is 2.94. The Bertz CT molecular complexity index is 448. The van der Waals surface area contributed by atoms with Gasteiger partial charge in [0.05, 0.1) is 0 Å². The lowest BCUT2D eigenvalue weighted by Gasteiger charge is -2.14. The van der Waals surface area contributed by atoms with Crippen LogP contribution in [0.3, 0.4) is 0 Å². The van der Waals surface area contributed by atoms with Crippen LogP contribution >= 0.6 is 0 Å². The molecule has 90 valence electrons. The average molecular weight is 229 g/mol. The predicted molar refractivity (Wildman–Crippen MR) is 71.1 cm³/mol. The average Bonchev–Trinajstić information content (AvgIpc) is 2.74. The van der Waals surface area contributed by atoms with E-state index in [0.29, 0.717) is 6.04 Å². The number of aromatic nitrogens is 2. The number of rotatable bonds is 5. The molecule has 3 heteroatoms. The highest BCUT2D eigenvalue weighted by atomic mass is 15.0. The van der Waals surface area contributed by atoms with Crippen molar-refractivity contribution in [3.8, 4) is 0 Å². The topological polar surface area (TPSA) is 29.9 Å². The molecule has 0 unspecified atom stereocenters. The number of pyridine rings is 1. The van der Waals surface area contributed by atoms with Gasteiger partial charge in [0.2, 0.25) is 0 Å². The first-order chi connectivity index (χ1) is 8.25. The fraction of sp³-hybridized carbons (Fsp3) is 0.357. The van der Waals surface area contributed by atoms with E-state index in [0.717, 1.165) is 18.7 Å². The molecule has 3 nitrogen and oxygen atoms in total. The minimum atomic E-state index is 0.430. The van der Waals surface area contributed by atoms with Gasteiger partial charge in [-0.05, 0) is 44.0 Å². The summed E-state index contributed by atoms with van der Waals surface area (Å²) in [6.45, 7) is 2.19. The molecular weight excluding hydrogens is 210 g/mol. The Balaban J connectivity index is 1.82. The minimum Gasteiger partial charge on any atom is -0.368 e. The van der Waals surface area contributed by atoms with Crippen LogP contribution < -0.4 is 5.32 Å². The van der Waals surface area contributed by atoms with E-state index >= 15 is 0 Å². The summed E-state index contributed by atoms with van der Waals surface area (Å²) >= 11 is 0. The zero-order chi connectivity index (χ0) is 12.1. The van der Waals surface area contributed by atoms with E-state index in [1.807, 2.05) is 24.4 Å². The van der Waals surface area contributed by atoms with Crippen LogP contribution in [0.25, 0.3) is 0 Å². The van der Waals surface area contributed by atoms with Crippen molar-refractivity contribution in [3.63, 3.8) is 0 Å². The highest BCUT2D eigenvalue weighted by molar-refractivity contribution is 5.34. The third kappa shape index (κ3) is 3.34. The third-order valence-electron chi connectivity index (χ3n) is 2.94. The van der Waals surface area contributed by atoms with Gasteiger partial charge in [0.15, 0.2) is 0 Å². The Labute approximate surface area is 103 Å². The molecule has 0 aliphatic rings. The van der Waals surface area contributed by atoms with Crippen LogP contribution in [-0.4, -0.2) is 15.6 Å². The highest BCUT2D eigenvalue weighted by Crippen LogP contribution is 2.09. The molecule has 2 aromatic heterocycles. The van der Waals surface area contributed by atoms with Crippen molar-refractivity contribution in [2.45, 2.75) is 25.8 Å². The maximum absolute atomic E-state index is 4.26. The molecule has 0 aliphatic heterocycles. The molecule has 0 bridgehead atoms. The first-order valence-corrected chi connectivity index (χ1v) is 6.03. The van der Waals surface area contributed by atoms with Gasteiger partial charge in [-0.2, -0.15) is 0 Å². The molecule has 0 saturated carbocycles. The lowest BCUT2D eigenvalue weighted by atomic mass is 10.1. The number of nitrogens with one attached hydrogen (secondary N) is 1. The highest BCUT2D eigenvalue weighted by Gasteiger charge is 2.04. The summed E-state index contributed by atoms with van der Waals surface area (Å²) in [5, 5.41) is 3.40. The van der Waals surface area contributed by atoms with Crippen LogP contribution in [0, 0.1) is 0 Å². The summed E-state index contributed by atoms with van der Waals surface area (Å²) in [7, 11) is 2.09. The van der Waals surface area contributed by atoms with E-state index in [2.05, 4.69) is 47.2 Å². The van der Waals surface area contributed by atoms with Gasteiger partial charge in [-0.15, -0.1) is 0 Å². The quantitative estimate of drug-likeness (QED) is 0.854. The molecule has 2 rings (SSSR count). The van der Waals surface area contributed by atoms with Crippen molar-refractivity contribution < 1.29 is 0 Å². The molecule has 17 heavy (non-hydrogen) atoms. The zero-order valence-electron chi connectivity index (χ0n) is 10.4. The van der Waals surface area contributed by atoms with Crippen molar-refractivity contribution in [2.24, 2.45) is 7.05 Å². The Morgan fingerprint density at radius 1 is 1.29 bits per heavy atom. The molecule has 0 amide bonds. The van der Waals surface area contributed by atoms with Gasteiger partial charge < -0.3 is 9.88 Å². The first-order valence-electron chi connectivity index (χ1n) is 6.03. The van der Waals surface area contributed by atoms with Crippen LogP contribution in [0.5, 0.6) is 0 Å². The number of aryl methyl sites for hydroxylation is 2. The van der Waals surface area contributed by atoms with Crippen LogP contribution in [0.4, 0.5) is 5.82 Å². The monoisotopic (exact) mass is 229 g/mol. The van der Waals surface area contributed by atoms with E-state index in [-0.39, 0.29) is 0 Å². The normalized spacial score (nSPS) is 12.4. The minimum absolute atomic E-state index is 0.430. The molecular formula is C14H19N3. The molecule has 1 N–H and O–H groups in total. The van der Waals surface area contributed by atoms with Gasteiger partial charge in [0.25, 0.3) is 0 Å². The van der Waals surface area contributed by atoms with E-state index in [1.54, 1.807) is 0 Å². The van der Waals surface area contributed by atoms with Crippen LogP contribution in [0.2, 0.25) is 0 Å².